The molecule has 0 aromatic carbocycles. The SMILES string of the molecule is CCn1ccnc1[C@@H]1OCC[C@H]1NC(=O)N(C)C(C)c1nc(C)no1. The summed E-state index contributed by atoms with van der Waals surface area (Å²) in [5, 5.41) is 6.82. The molecule has 9 heteroatoms. The topological polar surface area (TPSA) is 98.3 Å². The number of carbonyl (C=O) groups excluding carboxylic acids is 1. The summed E-state index contributed by atoms with van der Waals surface area (Å²) in [5.74, 6) is 1.80. The van der Waals surface area contributed by atoms with Crippen LogP contribution in [0.5, 0.6) is 0 Å². The van der Waals surface area contributed by atoms with Crippen LogP contribution in [-0.2, 0) is 11.3 Å². The third kappa shape index (κ3) is 3.51. The van der Waals surface area contributed by atoms with E-state index in [0.29, 0.717) is 18.3 Å². The van der Waals surface area contributed by atoms with E-state index in [1.54, 1.807) is 25.1 Å². The molecule has 2 aromatic heterocycles. The van der Waals surface area contributed by atoms with E-state index in [-0.39, 0.29) is 24.2 Å². The highest BCUT2D eigenvalue weighted by molar-refractivity contribution is 5.74. The Hall–Kier alpha value is -2.42. The van der Waals surface area contributed by atoms with Crippen LogP contribution in [0.1, 0.15) is 50.0 Å². The predicted molar refractivity (Wildman–Crippen MR) is 88.7 cm³/mol. The molecule has 9 nitrogen and oxygen atoms in total. The minimum absolute atomic E-state index is 0.126. The third-order valence-corrected chi connectivity index (χ3v) is 4.55. The highest BCUT2D eigenvalue weighted by Gasteiger charge is 2.35. The van der Waals surface area contributed by atoms with Crippen molar-refractivity contribution in [1.82, 2.24) is 29.9 Å². The maximum absolute atomic E-state index is 12.6. The number of urea groups is 1. The first-order chi connectivity index (χ1) is 12.0. The summed E-state index contributed by atoms with van der Waals surface area (Å²) in [4.78, 5) is 22.8. The summed E-state index contributed by atoms with van der Waals surface area (Å²) >= 11 is 0. The molecule has 2 amide bonds. The molecule has 1 aliphatic rings. The monoisotopic (exact) mass is 348 g/mol. The molecule has 0 saturated carbocycles. The number of carbonyl (C=O) groups is 1. The Labute approximate surface area is 146 Å². The number of hydrogen-bond donors (Lipinski definition) is 1. The van der Waals surface area contributed by atoms with Crippen LogP contribution in [0.15, 0.2) is 16.9 Å². The molecule has 0 bridgehead atoms. The van der Waals surface area contributed by atoms with Gasteiger partial charge in [0.1, 0.15) is 18.0 Å². The van der Waals surface area contributed by atoms with Gasteiger partial charge in [-0.15, -0.1) is 0 Å². The van der Waals surface area contributed by atoms with Crippen molar-refractivity contribution in [3.63, 3.8) is 0 Å². The number of rotatable bonds is 5. The molecule has 1 saturated heterocycles. The number of ether oxygens (including phenoxy) is 1. The third-order valence-electron chi connectivity index (χ3n) is 4.55. The summed E-state index contributed by atoms with van der Waals surface area (Å²) in [6, 6.07) is -0.655. The van der Waals surface area contributed by atoms with Gasteiger partial charge in [-0.05, 0) is 27.2 Å². The van der Waals surface area contributed by atoms with Crippen LogP contribution in [0, 0.1) is 6.92 Å². The zero-order valence-corrected chi connectivity index (χ0v) is 15.0. The zero-order valence-electron chi connectivity index (χ0n) is 15.0. The number of nitrogens with one attached hydrogen (secondary N) is 1. The lowest BCUT2D eigenvalue weighted by atomic mass is 10.1. The van der Waals surface area contributed by atoms with Gasteiger partial charge in [-0.1, -0.05) is 5.16 Å². The fraction of sp³-hybridized carbons (Fsp3) is 0.625. The van der Waals surface area contributed by atoms with Gasteiger partial charge in [-0.25, -0.2) is 9.78 Å². The molecule has 1 unspecified atom stereocenters. The van der Waals surface area contributed by atoms with Crippen molar-refractivity contribution in [2.24, 2.45) is 0 Å². The average Bonchev–Trinajstić information content (AvgIpc) is 3.32. The molecule has 0 radical (unpaired) electrons. The second-order valence-corrected chi connectivity index (χ2v) is 6.17. The first-order valence-corrected chi connectivity index (χ1v) is 8.47. The lowest BCUT2D eigenvalue weighted by Crippen LogP contribution is -2.45. The Morgan fingerprint density at radius 3 is 3.04 bits per heavy atom. The molecule has 25 heavy (non-hydrogen) atoms. The zero-order chi connectivity index (χ0) is 18.0. The summed E-state index contributed by atoms with van der Waals surface area (Å²) < 4.78 is 13.0. The van der Waals surface area contributed by atoms with E-state index in [1.807, 2.05) is 17.7 Å². The van der Waals surface area contributed by atoms with Gasteiger partial charge in [-0.2, -0.15) is 4.98 Å². The van der Waals surface area contributed by atoms with Crippen LogP contribution in [0.4, 0.5) is 4.79 Å². The molecule has 1 aliphatic heterocycles. The number of nitrogens with zero attached hydrogens (tertiary/aromatic N) is 5. The average molecular weight is 348 g/mol. The van der Waals surface area contributed by atoms with E-state index in [2.05, 4.69) is 27.4 Å². The lowest BCUT2D eigenvalue weighted by Gasteiger charge is -2.26. The minimum Gasteiger partial charge on any atom is -0.368 e. The van der Waals surface area contributed by atoms with Crippen molar-refractivity contribution < 1.29 is 14.1 Å². The molecular weight excluding hydrogens is 324 g/mol. The maximum atomic E-state index is 12.6. The van der Waals surface area contributed by atoms with E-state index in [9.17, 15) is 4.79 Å². The lowest BCUT2D eigenvalue weighted by molar-refractivity contribution is 0.0880. The molecule has 3 rings (SSSR count). The van der Waals surface area contributed by atoms with Crippen molar-refractivity contribution in [2.75, 3.05) is 13.7 Å². The minimum atomic E-state index is -0.320. The molecule has 1 N–H and O–H groups in total. The number of amides is 2. The number of hydrogen-bond acceptors (Lipinski definition) is 6. The number of aryl methyl sites for hydroxylation is 2. The molecule has 3 atom stereocenters. The van der Waals surface area contributed by atoms with Gasteiger partial charge in [0.25, 0.3) is 0 Å². The van der Waals surface area contributed by atoms with Crippen molar-refractivity contribution in [1.29, 1.82) is 0 Å². The fourth-order valence-electron chi connectivity index (χ4n) is 2.92. The van der Waals surface area contributed by atoms with E-state index in [4.69, 9.17) is 9.26 Å². The van der Waals surface area contributed by atoms with Crippen LogP contribution in [0.2, 0.25) is 0 Å². The van der Waals surface area contributed by atoms with Gasteiger partial charge in [0.2, 0.25) is 5.89 Å². The number of imidazole rings is 1. The molecular formula is C16H24N6O3. The van der Waals surface area contributed by atoms with E-state index < -0.39 is 0 Å². The fourth-order valence-corrected chi connectivity index (χ4v) is 2.92. The van der Waals surface area contributed by atoms with Gasteiger partial charge >= 0.3 is 6.03 Å². The Kier molecular flexibility index (Phi) is 5.03. The Bertz CT molecular complexity index is 727. The van der Waals surface area contributed by atoms with Crippen molar-refractivity contribution in [2.45, 2.75) is 51.9 Å². The summed E-state index contributed by atoms with van der Waals surface area (Å²) in [7, 11) is 1.71. The quantitative estimate of drug-likeness (QED) is 0.885. The molecule has 136 valence electrons. The van der Waals surface area contributed by atoms with E-state index >= 15 is 0 Å². The summed E-state index contributed by atoms with van der Waals surface area (Å²) in [6.07, 6.45) is 4.18. The summed E-state index contributed by atoms with van der Waals surface area (Å²) in [5.41, 5.74) is 0. The normalized spacial score (nSPS) is 21.3. The molecule has 2 aromatic rings. The number of aromatic nitrogens is 4. The van der Waals surface area contributed by atoms with Gasteiger partial charge in [0.15, 0.2) is 5.82 Å². The molecule has 1 fully saturated rings. The molecule has 0 aliphatic carbocycles. The van der Waals surface area contributed by atoms with Gasteiger partial charge in [-0.3, -0.25) is 0 Å². The summed E-state index contributed by atoms with van der Waals surface area (Å²) in [6.45, 7) is 7.04. The molecule has 0 spiro atoms. The van der Waals surface area contributed by atoms with Crippen molar-refractivity contribution >= 4 is 6.03 Å². The standard InChI is InChI=1S/C16H24N6O3/c1-5-22-8-7-17-14(22)13-12(6-9-24-13)19-16(23)21(4)10(2)15-18-11(3)20-25-15/h7-8,10,12-13H,5-6,9H2,1-4H3,(H,19,23)/t10?,12-,13-/m1/s1. The molecule has 3 heterocycles. The van der Waals surface area contributed by atoms with E-state index in [0.717, 1.165) is 18.8 Å². The Morgan fingerprint density at radius 2 is 2.36 bits per heavy atom. The second kappa shape index (κ2) is 7.22. The van der Waals surface area contributed by atoms with Crippen LogP contribution in [0.25, 0.3) is 0 Å². The highest BCUT2D eigenvalue weighted by atomic mass is 16.5. The first-order valence-electron chi connectivity index (χ1n) is 8.47. The van der Waals surface area contributed by atoms with Crippen molar-refractivity contribution in [3.8, 4) is 0 Å². The second-order valence-electron chi connectivity index (χ2n) is 6.17. The predicted octanol–water partition coefficient (Wildman–Crippen LogP) is 1.83. The van der Waals surface area contributed by atoms with Crippen LogP contribution in [-0.4, -0.2) is 50.3 Å². The highest BCUT2D eigenvalue weighted by Crippen LogP contribution is 2.28. The Balaban J connectivity index is 1.67. The Morgan fingerprint density at radius 1 is 1.56 bits per heavy atom. The van der Waals surface area contributed by atoms with Gasteiger partial charge < -0.3 is 24.0 Å². The van der Waals surface area contributed by atoms with E-state index in [1.165, 1.54) is 0 Å². The van der Waals surface area contributed by atoms with Crippen LogP contribution >= 0.6 is 0 Å². The van der Waals surface area contributed by atoms with Crippen LogP contribution < -0.4 is 5.32 Å². The smallest absolute Gasteiger partial charge is 0.318 e. The van der Waals surface area contributed by atoms with Crippen molar-refractivity contribution in [3.05, 3.63) is 29.9 Å². The first kappa shape index (κ1) is 17.4. The van der Waals surface area contributed by atoms with Gasteiger partial charge in [0, 0.05) is 32.6 Å². The van der Waals surface area contributed by atoms with Gasteiger partial charge in [0.05, 0.1) is 6.04 Å². The largest absolute Gasteiger partial charge is 0.368 e. The maximum Gasteiger partial charge on any atom is 0.318 e. The van der Waals surface area contributed by atoms with Crippen LogP contribution in [0.3, 0.4) is 0 Å².